The number of nitrogens with zero attached hydrogens (tertiary/aromatic N) is 4. The molecule has 3 rings (SSSR count). The van der Waals surface area contributed by atoms with E-state index in [-0.39, 0.29) is 0 Å². The molecule has 0 amide bonds. The summed E-state index contributed by atoms with van der Waals surface area (Å²) in [6.07, 6.45) is 10.1. The van der Waals surface area contributed by atoms with E-state index in [1.165, 1.54) is 32.1 Å². The fourth-order valence-corrected chi connectivity index (χ4v) is 3.70. The van der Waals surface area contributed by atoms with Crippen molar-refractivity contribution in [3.8, 4) is 10.6 Å². The molecule has 0 N–H and O–H groups in total. The molecule has 2 aromatic rings. The Morgan fingerprint density at radius 3 is 2.85 bits per heavy atom. The van der Waals surface area contributed by atoms with Crippen molar-refractivity contribution in [1.82, 2.24) is 14.8 Å². The lowest BCUT2D eigenvalue weighted by atomic mass is 9.96. The Labute approximate surface area is 123 Å². The van der Waals surface area contributed by atoms with Crippen molar-refractivity contribution in [2.45, 2.75) is 45.1 Å². The molecule has 0 spiro atoms. The van der Waals surface area contributed by atoms with Gasteiger partial charge in [0.2, 0.25) is 4.80 Å². The number of aromatic nitrogens is 3. The fraction of sp³-hybridized carbons (Fsp3) is 0.533. The third kappa shape index (κ3) is 2.82. The molecule has 0 unspecified atom stereocenters. The molecule has 4 nitrogen and oxygen atoms in total. The van der Waals surface area contributed by atoms with Gasteiger partial charge >= 0.3 is 0 Å². The van der Waals surface area contributed by atoms with Crippen LogP contribution in [0.15, 0.2) is 23.5 Å². The maximum absolute atomic E-state index is 4.90. The van der Waals surface area contributed by atoms with Gasteiger partial charge in [-0.2, -0.15) is 5.10 Å². The zero-order chi connectivity index (χ0) is 13.9. The van der Waals surface area contributed by atoms with Crippen molar-refractivity contribution in [3.05, 3.63) is 28.8 Å². The number of hydrogen-bond donors (Lipinski definition) is 0. The van der Waals surface area contributed by atoms with Gasteiger partial charge in [0.05, 0.1) is 6.04 Å². The minimum atomic E-state index is 0.488. The molecule has 0 aromatic carbocycles. The molecule has 0 bridgehead atoms. The van der Waals surface area contributed by atoms with Gasteiger partial charge in [0, 0.05) is 25.0 Å². The highest BCUT2D eigenvalue weighted by Gasteiger charge is 2.13. The van der Waals surface area contributed by atoms with Crippen LogP contribution in [0, 0.1) is 6.92 Å². The van der Waals surface area contributed by atoms with Crippen LogP contribution >= 0.6 is 11.3 Å². The Kier molecular flexibility index (Phi) is 3.96. The van der Waals surface area contributed by atoms with Crippen molar-refractivity contribution in [2.24, 2.45) is 12.0 Å². The van der Waals surface area contributed by atoms with Crippen LogP contribution in [0.25, 0.3) is 10.6 Å². The van der Waals surface area contributed by atoms with Crippen LogP contribution in [0.2, 0.25) is 0 Å². The molecular formula is C15H20N4S. The van der Waals surface area contributed by atoms with E-state index in [9.17, 15) is 0 Å². The van der Waals surface area contributed by atoms with Crippen molar-refractivity contribution in [3.63, 3.8) is 0 Å². The van der Waals surface area contributed by atoms with Crippen LogP contribution in [0.5, 0.6) is 0 Å². The highest BCUT2D eigenvalue weighted by molar-refractivity contribution is 7.12. The molecule has 0 saturated heterocycles. The lowest BCUT2D eigenvalue weighted by Crippen LogP contribution is -2.18. The molecule has 2 heterocycles. The number of pyridine rings is 1. The number of aryl methyl sites for hydroxylation is 2. The molecule has 0 aliphatic heterocycles. The third-order valence-electron chi connectivity index (χ3n) is 3.82. The monoisotopic (exact) mass is 288 g/mol. The average Bonchev–Trinajstić information content (AvgIpc) is 2.81. The molecule has 0 radical (unpaired) electrons. The van der Waals surface area contributed by atoms with Gasteiger partial charge in [0.25, 0.3) is 0 Å². The summed E-state index contributed by atoms with van der Waals surface area (Å²) in [4.78, 5) is 10.1. The summed E-state index contributed by atoms with van der Waals surface area (Å²) in [5.41, 5.74) is 2.32. The molecule has 1 saturated carbocycles. The lowest BCUT2D eigenvalue weighted by molar-refractivity contribution is 0.434. The summed E-state index contributed by atoms with van der Waals surface area (Å²) < 4.78 is 1.91. The van der Waals surface area contributed by atoms with E-state index in [4.69, 9.17) is 4.99 Å². The first-order valence-electron chi connectivity index (χ1n) is 7.23. The van der Waals surface area contributed by atoms with E-state index in [0.29, 0.717) is 6.04 Å². The summed E-state index contributed by atoms with van der Waals surface area (Å²) in [5, 5.41) is 5.65. The zero-order valence-electron chi connectivity index (χ0n) is 12.0. The Bertz CT molecular complexity index is 650. The van der Waals surface area contributed by atoms with Gasteiger partial charge in [0.15, 0.2) is 0 Å². The highest BCUT2D eigenvalue weighted by Crippen LogP contribution is 2.23. The molecule has 1 aliphatic rings. The minimum absolute atomic E-state index is 0.488. The number of hydrogen-bond acceptors (Lipinski definition) is 4. The van der Waals surface area contributed by atoms with Gasteiger partial charge < -0.3 is 0 Å². The Morgan fingerprint density at radius 1 is 1.30 bits per heavy atom. The van der Waals surface area contributed by atoms with Crippen molar-refractivity contribution in [2.75, 3.05) is 0 Å². The van der Waals surface area contributed by atoms with Crippen LogP contribution in [0.4, 0.5) is 0 Å². The minimum Gasteiger partial charge on any atom is -0.264 e. The predicted octanol–water partition coefficient (Wildman–Crippen LogP) is 3.09. The molecule has 106 valence electrons. The highest BCUT2D eigenvalue weighted by atomic mass is 32.1. The maximum atomic E-state index is 4.90. The summed E-state index contributed by atoms with van der Waals surface area (Å²) in [5.74, 6) is 0. The van der Waals surface area contributed by atoms with Crippen LogP contribution in [0.3, 0.4) is 0 Å². The molecule has 1 aliphatic carbocycles. The average molecular weight is 288 g/mol. The normalized spacial score (nSPS) is 17.6. The number of rotatable bonds is 2. The summed E-state index contributed by atoms with van der Waals surface area (Å²) in [6.45, 7) is 2.07. The van der Waals surface area contributed by atoms with Gasteiger partial charge in [0.1, 0.15) is 5.01 Å². The predicted molar refractivity (Wildman–Crippen MR) is 81.5 cm³/mol. The molecular weight excluding hydrogens is 268 g/mol. The summed E-state index contributed by atoms with van der Waals surface area (Å²) in [7, 11) is 1.98. The van der Waals surface area contributed by atoms with E-state index in [2.05, 4.69) is 17.0 Å². The second-order valence-electron chi connectivity index (χ2n) is 5.42. The van der Waals surface area contributed by atoms with E-state index in [0.717, 1.165) is 20.9 Å². The van der Waals surface area contributed by atoms with Crippen LogP contribution in [-0.4, -0.2) is 20.8 Å². The largest absolute Gasteiger partial charge is 0.264 e. The summed E-state index contributed by atoms with van der Waals surface area (Å²) in [6, 6.07) is 2.51. The van der Waals surface area contributed by atoms with E-state index in [1.54, 1.807) is 11.3 Å². The smallest absolute Gasteiger partial charge is 0.203 e. The van der Waals surface area contributed by atoms with Crippen molar-refractivity contribution < 1.29 is 0 Å². The SMILES string of the molecule is Cc1cnccc1-c1nn(C)c(=NC2CCCCC2)s1. The molecule has 0 atom stereocenters. The van der Waals surface area contributed by atoms with Crippen LogP contribution in [-0.2, 0) is 7.05 Å². The fourth-order valence-electron chi connectivity index (χ4n) is 2.65. The molecule has 1 fully saturated rings. The molecule has 2 aromatic heterocycles. The van der Waals surface area contributed by atoms with E-state index < -0.39 is 0 Å². The third-order valence-corrected chi connectivity index (χ3v) is 4.87. The van der Waals surface area contributed by atoms with Crippen LogP contribution < -0.4 is 4.80 Å². The maximum Gasteiger partial charge on any atom is 0.203 e. The van der Waals surface area contributed by atoms with Crippen LogP contribution in [0.1, 0.15) is 37.7 Å². The van der Waals surface area contributed by atoms with Crippen molar-refractivity contribution >= 4 is 11.3 Å². The first kappa shape index (κ1) is 13.5. The Balaban J connectivity index is 1.95. The second kappa shape index (κ2) is 5.87. The van der Waals surface area contributed by atoms with E-state index >= 15 is 0 Å². The summed E-state index contributed by atoms with van der Waals surface area (Å²) >= 11 is 1.68. The zero-order valence-corrected chi connectivity index (χ0v) is 12.9. The van der Waals surface area contributed by atoms with Gasteiger partial charge in [-0.05, 0) is 31.4 Å². The lowest BCUT2D eigenvalue weighted by Gasteiger charge is -2.16. The molecule has 20 heavy (non-hydrogen) atoms. The van der Waals surface area contributed by atoms with Gasteiger partial charge in [-0.25, -0.2) is 4.68 Å². The van der Waals surface area contributed by atoms with Gasteiger partial charge in [-0.1, -0.05) is 30.6 Å². The molecule has 5 heteroatoms. The standard InChI is InChI=1S/C15H20N4S/c1-11-10-16-9-8-13(11)14-18-19(2)15(20-14)17-12-6-4-3-5-7-12/h8-10,12H,3-7H2,1-2H3. The second-order valence-corrected chi connectivity index (χ2v) is 6.38. The Morgan fingerprint density at radius 2 is 2.10 bits per heavy atom. The first-order chi connectivity index (χ1) is 9.74. The Hall–Kier alpha value is -1.49. The van der Waals surface area contributed by atoms with Gasteiger partial charge in [-0.15, -0.1) is 0 Å². The topological polar surface area (TPSA) is 43.1 Å². The van der Waals surface area contributed by atoms with E-state index in [1.807, 2.05) is 30.2 Å². The van der Waals surface area contributed by atoms with Gasteiger partial charge in [-0.3, -0.25) is 9.98 Å². The van der Waals surface area contributed by atoms with Crippen molar-refractivity contribution in [1.29, 1.82) is 0 Å². The first-order valence-corrected chi connectivity index (χ1v) is 8.04. The quantitative estimate of drug-likeness (QED) is 0.852.